The van der Waals surface area contributed by atoms with Crippen molar-refractivity contribution in [2.45, 2.75) is 0 Å². The van der Waals surface area contributed by atoms with Gasteiger partial charge in [0, 0.05) is 0 Å². The maximum absolute atomic E-state index is 8.49. The van der Waals surface area contributed by atoms with Gasteiger partial charge in [0.2, 0.25) is 0 Å². The Balaban J connectivity index is 0.000000252. The van der Waals surface area contributed by atoms with Crippen molar-refractivity contribution >= 4 is 0 Å². The van der Waals surface area contributed by atoms with Crippen LogP contribution in [0.1, 0.15) is 5.56 Å². The van der Waals surface area contributed by atoms with Crippen molar-refractivity contribution in [1.82, 2.24) is 0 Å². The Morgan fingerprint density at radius 2 is 1.38 bits per heavy atom. The molecule has 0 unspecified atom stereocenters. The van der Waals surface area contributed by atoms with E-state index in [4.69, 9.17) is 23.9 Å². The zero-order chi connectivity index (χ0) is 10.3. The van der Waals surface area contributed by atoms with Crippen LogP contribution in [0.2, 0.25) is 0 Å². The minimum Gasteiger partial charge on any atom is -0.222 e. The molecule has 0 atom stereocenters. The zero-order valence-corrected chi connectivity index (χ0v) is 7.15. The van der Waals surface area contributed by atoms with E-state index in [1.54, 1.807) is 0 Å². The van der Waals surface area contributed by atoms with Gasteiger partial charge in [-0.15, -0.1) is 10.2 Å². The Morgan fingerprint density at radius 1 is 1.00 bits per heavy atom. The van der Waals surface area contributed by atoms with Crippen LogP contribution in [0.15, 0.2) is 30.3 Å². The van der Waals surface area contributed by atoms with Crippen molar-refractivity contribution < 1.29 is 34.1 Å². The van der Waals surface area contributed by atoms with E-state index >= 15 is 0 Å². The fourth-order valence-corrected chi connectivity index (χ4v) is 0.521. The molecule has 70 valence electrons. The van der Waals surface area contributed by atoms with Crippen LogP contribution in [-0.2, 0) is 0 Å². The summed E-state index contributed by atoms with van der Waals surface area (Å²) in [6, 6.07) is 11.6. The van der Waals surface area contributed by atoms with Gasteiger partial charge in [-0.2, -0.15) is 0 Å². The molecule has 5 nitrogen and oxygen atoms in total. The molecule has 0 aliphatic carbocycles. The number of benzene rings is 1. The molecule has 0 amide bonds. The summed E-state index contributed by atoms with van der Waals surface area (Å²) < 4.78 is 34.0. The fourth-order valence-electron chi connectivity index (χ4n) is 0.521. The molecule has 0 heterocycles. The summed E-state index contributed by atoms with van der Waals surface area (Å²) in [5, 5.41) is 6.69. The van der Waals surface area contributed by atoms with Gasteiger partial charge in [0.1, 0.15) is 5.56 Å². The van der Waals surface area contributed by atoms with Gasteiger partial charge >= 0.3 is 6.07 Å². The van der Waals surface area contributed by atoms with E-state index < -0.39 is 10.2 Å². The standard InChI is InChI=1S/C7H5N.ClHO4/c8-6-7-4-2-1-3-5-7;2-1(3,4)5/h1-5H;(H,2,3,4,5). The fraction of sp³-hybridized carbons (Fsp3) is 0. The predicted octanol–water partition coefficient (Wildman–Crippen LogP) is -4.95. The lowest BCUT2D eigenvalue weighted by Gasteiger charge is -2.17. The molecule has 1 rings (SSSR count). The van der Waals surface area contributed by atoms with Gasteiger partial charge in [-0.1, -0.05) is 23.5 Å². The van der Waals surface area contributed by atoms with Gasteiger partial charge in [0.25, 0.3) is 0 Å². The number of hydrogen-bond donors (Lipinski definition) is 1. The summed E-state index contributed by atoms with van der Waals surface area (Å²) in [7, 11) is -4.94. The molecule has 0 fully saturated rings. The molecule has 0 aromatic heterocycles. The summed E-state index contributed by atoms with van der Waals surface area (Å²) in [6.45, 7) is 0. The molecule has 6 heteroatoms. The Morgan fingerprint density at radius 3 is 1.62 bits per heavy atom. The van der Waals surface area contributed by atoms with Crippen LogP contribution in [0.4, 0.5) is 0 Å². The van der Waals surface area contributed by atoms with Crippen molar-refractivity contribution in [2.75, 3.05) is 0 Å². The predicted molar refractivity (Wildman–Crippen MR) is 30.4 cm³/mol. The average molecular weight is 204 g/mol. The molecule has 1 aromatic carbocycles. The van der Waals surface area contributed by atoms with Crippen LogP contribution in [0.25, 0.3) is 0 Å². The van der Waals surface area contributed by atoms with Crippen molar-refractivity contribution in [1.29, 1.82) is 0 Å². The third kappa shape index (κ3) is 10.8. The minimum absolute atomic E-state index is 0.826. The molecular weight excluding hydrogens is 198 g/mol. The molecule has 1 N–H and O–H groups in total. The third-order valence-corrected chi connectivity index (χ3v) is 0.918. The van der Waals surface area contributed by atoms with Crippen LogP contribution in [0.5, 0.6) is 0 Å². The van der Waals surface area contributed by atoms with E-state index in [0.717, 1.165) is 5.56 Å². The smallest absolute Gasteiger partial charge is 0.222 e. The van der Waals surface area contributed by atoms with Gasteiger partial charge in [0.05, 0.1) is 0 Å². The first-order chi connectivity index (χ1) is 5.93. The lowest BCUT2D eigenvalue weighted by Crippen LogP contribution is -2.68. The van der Waals surface area contributed by atoms with E-state index in [1.807, 2.05) is 30.3 Å². The van der Waals surface area contributed by atoms with Crippen LogP contribution >= 0.6 is 0 Å². The molecule has 0 aliphatic heterocycles. The highest BCUT2D eigenvalue weighted by Gasteiger charge is 1.85. The summed E-state index contributed by atoms with van der Waals surface area (Å²) in [5.41, 5.74) is 0.826. The first kappa shape index (κ1) is 11.8. The Bertz CT molecular complexity index is 271. The number of rotatable bonds is 0. The quantitative estimate of drug-likeness (QED) is 0.455. The van der Waals surface area contributed by atoms with E-state index in [-0.39, 0.29) is 0 Å². The van der Waals surface area contributed by atoms with Gasteiger partial charge in [0.15, 0.2) is 0 Å². The van der Waals surface area contributed by atoms with Crippen molar-refractivity contribution in [3.63, 3.8) is 0 Å². The summed E-state index contributed by atoms with van der Waals surface area (Å²) in [6.07, 6.45) is 0. The first-order valence-electron chi connectivity index (χ1n) is 3.03. The summed E-state index contributed by atoms with van der Waals surface area (Å²) in [4.78, 5) is 0. The minimum atomic E-state index is -4.94. The molecule has 1 aromatic rings. The molecular formula is C7H6ClNO4. The van der Waals surface area contributed by atoms with Crippen LogP contribution in [0, 0.1) is 16.3 Å². The van der Waals surface area contributed by atoms with Crippen LogP contribution in [-0.4, -0.2) is 0 Å². The second-order valence-electron chi connectivity index (χ2n) is 1.87. The number of nitrogens with one attached hydrogen (secondary N) is 1. The highest BCUT2D eigenvalue weighted by Crippen LogP contribution is 1.92. The van der Waals surface area contributed by atoms with Gasteiger partial charge in [-0.05, 0) is 12.1 Å². The number of hydrogen-bond acceptors (Lipinski definition) is 4. The van der Waals surface area contributed by atoms with Gasteiger partial charge in [-0.3, -0.25) is 0 Å². The molecule has 0 bridgehead atoms. The molecule has 0 spiro atoms. The SMILES string of the molecule is [NH+]#Cc1ccccc1.[O-][Cl+3]([O-])([O-])[O-]. The highest BCUT2D eigenvalue weighted by molar-refractivity contribution is 5.26. The van der Waals surface area contributed by atoms with Crippen LogP contribution in [0.3, 0.4) is 0 Å². The van der Waals surface area contributed by atoms with Gasteiger partial charge in [-0.25, -0.2) is 18.6 Å². The lowest BCUT2D eigenvalue weighted by molar-refractivity contribution is -2.00. The molecule has 0 saturated carbocycles. The van der Waals surface area contributed by atoms with Gasteiger partial charge < -0.3 is 0 Å². The second kappa shape index (κ2) is 5.48. The largest absolute Gasteiger partial charge is 0.308 e. The Kier molecular flexibility index (Phi) is 4.99. The zero-order valence-electron chi connectivity index (χ0n) is 6.40. The van der Waals surface area contributed by atoms with Crippen molar-refractivity contribution in [3.8, 4) is 6.07 Å². The highest BCUT2D eigenvalue weighted by atomic mass is 35.7. The topological polar surface area (TPSA) is 116 Å². The Labute approximate surface area is 76.8 Å². The van der Waals surface area contributed by atoms with E-state index in [9.17, 15) is 0 Å². The van der Waals surface area contributed by atoms with E-state index in [1.165, 1.54) is 0 Å². The monoisotopic (exact) mass is 203 g/mol. The van der Waals surface area contributed by atoms with Crippen molar-refractivity contribution in [2.24, 2.45) is 0 Å². The van der Waals surface area contributed by atoms with Crippen LogP contribution < -0.4 is 23.9 Å². The Hall–Kier alpha value is -1.16. The second-order valence-corrected chi connectivity index (χ2v) is 2.62. The normalized spacial score (nSPS) is 9.46. The third-order valence-electron chi connectivity index (χ3n) is 0.918. The number of halogens is 1. The average Bonchev–Trinajstić information content (AvgIpc) is 2.03. The lowest BCUT2D eigenvalue weighted by atomic mass is 10.2. The van der Waals surface area contributed by atoms with E-state index in [0.29, 0.717) is 0 Å². The molecule has 0 radical (unpaired) electrons. The molecule has 13 heavy (non-hydrogen) atoms. The summed E-state index contributed by atoms with van der Waals surface area (Å²) in [5.74, 6) is 0. The summed E-state index contributed by atoms with van der Waals surface area (Å²) >= 11 is 0. The maximum Gasteiger partial charge on any atom is 0.308 e. The van der Waals surface area contributed by atoms with E-state index in [2.05, 4.69) is 6.07 Å². The first-order valence-corrected chi connectivity index (χ1v) is 4.26. The molecule has 0 aliphatic rings. The molecule has 0 saturated heterocycles. The maximum atomic E-state index is 8.49. The van der Waals surface area contributed by atoms with Crippen molar-refractivity contribution in [3.05, 3.63) is 35.9 Å².